The van der Waals surface area contributed by atoms with Gasteiger partial charge >= 0.3 is 5.97 Å². The molecule has 5 nitrogen and oxygen atoms in total. The summed E-state index contributed by atoms with van der Waals surface area (Å²) in [6.45, 7) is 0. The molecule has 0 unspecified atom stereocenters. The number of pyridine rings is 1. The zero-order chi connectivity index (χ0) is 14.7. The van der Waals surface area contributed by atoms with Crippen LogP contribution in [0.15, 0.2) is 34.8 Å². The van der Waals surface area contributed by atoms with Crippen LogP contribution in [0.25, 0.3) is 0 Å². The number of ether oxygens (including phenoxy) is 2. The Morgan fingerprint density at radius 2 is 2.10 bits per heavy atom. The van der Waals surface area contributed by atoms with Gasteiger partial charge in [-0.3, -0.25) is 0 Å². The maximum Gasteiger partial charge on any atom is 0.356 e. The highest BCUT2D eigenvalue weighted by Crippen LogP contribution is 2.33. The van der Waals surface area contributed by atoms with Crippen LogP contribution in [-0.2, 0) is 4.74 Å². The molecule has 7 heteroatoms. The molecule has 0 aliphatic rings. The van der Waals surface area contributed by atoms with Gasteiger partial charge in [0.15, 0.2) is 5.69 Å². The first-order valence-corrected chi connectivity index (χ1v) is 6.66. The van der Waals surface area contributed by atoms with E-state index in [9.17, 15) is 4.79 Å². The number of nitrogens with zero attached hydrogens (tertiary/aromatic N) is 1. The highest BCUT2D eigenvalue weighted by atomic mass is 79.9. The average molecular weight is 358 g/mol. The first kappa shape index (κ1) is 14.6. The molecule has 0 aliphatic heterocycles. The van der Waals surface area contributed by atoms with Crippen LogP contribution in [0.5, 0.6) is 11.6 Å². The Labute approximate surface area is 128 Å². The van der Waals surface area contributed by atoms with E-state index in [0.29, 0.717) is 20.9 Å². The summed E-state index contributed by atoms with van der Waals surface area (Å²) in [5.74, 6) is 0.0385. The van der Waals surface area contributed by atoms with Crippen molar-refractivity contribution in [2.24, 2.45) is 0 Å². The third kappa shape index (κ3) is 3.20. The summed E-state index contributed by atoms with van der Waals surface area (Å²) in [7, 11) is 1.27. The number of aromatic nitrogens is 1. The van der Waals surface area contributed by atoms with E-state index < -0.39 is 5.97 Å². The Morgan fingerprint density at radius 3 is 2.75 bits per heavy atom. The molecular formula is C13H10BrClN2O3. The molecule has 1 aromatic carbocycles. The first-order chi connectivity index (χ1) is 9.51. The number of halogens is 2. The highest BCUT2D eigenvalue weighted by molar-refractivity contribution is 9.10. The minimum absolute atomic E-state index is 0.113. The van der Waals surface area contributed by atoms with Gasteiger partial charge in [-0.2, -0.15) is 0 Å². The smallest absolute Gasteiger partial charge is 0.356 e. The van der Waals surface area contributed by atoms with Crippen molar-refractivity contribution in [2.45, 2.75) is 0 Å². The molecule has 2 aromatic rings. The second-order valence-electron chi connectivity index (χ2n) is 3.76. The lowest BCUT2D eigenvalue weighted by Gasteiger charge is -2.10. The second kappa shape index (κ2) is 6.11. The van der Waals surface area contributed by atoms with Crippen LogP contribution < -0.4 is 10.5 Å². The van der Waals surface area contributed by atoms with E-state index in [4.69, 9.17) is 22.1 Å². The third-order valence-electron chi connectivity index (χ3n) is 2.38. The predicted molar refractivity (Wildman–Crippen MR) is 79.2 cm³/mol. The maximum absolute atomic E-state index is 11.4. The van der Waals surface area contributed by atoms with Crippen molar-refractivity contribution >= 4 is 39.2 Å². The van der Waals surface area contributed by atoms with Gasteiger partial charge in [-0.15, -0.1) is 0 Å². The fraction of sp³-hybridized carbons (Fsp3) is 0.0769. The minimum Gasteiger partial charge on any atom is -0.464 e. The highest BCUT2D eigenvalue weighted by Gasteiger charge is 2.13. The molecule has 0 atom stereocenters. The normalized spacial score (nSPS) is 10.2. The standard InChI is InChI=1S/C13H10BrClN2O3/c1-19-13(18)10-4-3-9(16)12(17-10)20-11-5-2-7(15)6-8(11)14/h2-6H,16H2,1H3. The fourth-order valence-electron chi connectivity index (χ4n) is 1.41. The summed E-state index contributed by atoms with van der Waals surface area (Å²) >= 11 is 9.17. The Kier molecular flexibility index (Phi) is 4.46. The maximum atomic E-state index is 11.4. The molecule has 0 spiro atoms. The number of methoxy groups -OCH3 is 1. The van der Waals surface area contributed by atoms with Gasteiger partial charge in [0.2, 0.25) is 5.88 Å². The number of carbonyl (C=O) groups is 1. The number of nitrogens with two attached hydrogens (primary N) is 1. The topological polar surface area (TPSA) is 74.4 Å². The van der Waals surface area contributed by atoms with E-state index >= 15 is 0 Å². The number of rotatable bonds is 3. The molecule has 0 fully saturated rings. The molecule has 0 bridgehead atoms. The van der Waals surface area contributed by atoms with Crippen LogP contribution in [0.1, 0.15) is 10.5 Å². The molecule has 1 aromatic heterocycles. The fourth-order valence-corrected chi connectivity index (χ4v) is 2.18. The van der Waals surface area contributed by atoms with Gasteiger partial charge in [0.1, 0.15) is 5.75 Å². The quantitative estimate of drug-likeness (QED) is 0.849. The van der Waals surface area contributed by atoms with Crippen molar-refractivity contribution in [3.63, 3.8) is 0 Å². The van der Waals surface area contributed by atoms with Crippen LogP contribution in [-0.4, -0.2) is 18.1 Å². The van der Waals surface area contributed by atoms with Gasteiger partial charge in [-0.25, -0.2) is 9.78 Å². The third-order valence-corrected chi connectivity index (χ3v) is 3.24. The lowest BCUT2D eigenvalue weighted by Crippen LogP contribution is -2.06. The molecule has 0 aliphatic carbocycles. The number of carbonyl (C=O) groups excluding carboxylic acids is 1. The van der Waals surface area contributed by atoms with Gasteiger partial charge in [-0.05, 0) is 46.3 Å². The molecule has 104 valence electrons. The molecule has 0 radical (unpaired) electrons. The molecule has 0 saturated heterocycles. The lowest BCUT2D eigenvalue weighted by atomic mass is 10.3. The van der Waals surface area contributed by atoms with Gasteiger partial charge in [-0.1, -0.05) is 11.6 Å². The second-order valence-corrected chi connectivity index (χ2v) is 5.05. The number of anilines is 1. The Bertz CT molecular complexity index is 664. The van der Waals surface area contributed by atoms with Crippen LogP contribution in [0, 0.1) is 0 Å². The van der Waals surface area contributed by atoms with Gasteiger partial charge in [0.05, 0.1) is 17.3 Å². The number of benzene rings is 1. The lowest BCUT2D eigenvalue weighted by molar-refractivity contribution is 0.0593. The van der Waals surface area contributed by atoms with Crippen molar-refractivity contribution in [3.05, 3.63) is 45.5 Å². The van der Waals surface area contributed by atoms with Crippen LogP contribution in [0.3, 0.4) is 0 Å². The molecular weight excluding hydrogens is 348 g/mol. The Balaban J connectivity index is 2.35. The first-order valence-electron chi connectivity index (χ1n) is 5.49. The molecule has 20 heavy (non-hydrogen) atoms. The van der Waals surface area contributed by atoms with Gasteiger partial charge in [0, 0.05) is 5.02 Å². The monoisotopic (exact) mass is 356 g/mol. The molecule has 2 rings (SSSR count). The minimum atomic E-state index is -0.565. The molecule has 1 heterocycles. The number of esters is 1. The van der Waals surface area contributed by atoms with E-state index in [0.717, 1.165) is 0 Å². The van der Waals surface area contributed by atoms with Crippen LogP contribution in [0.2, 0.25) is 5.02 Å². The van der Waals surface area contributed by atoms with E-state index in [1.54, 1.807) is 18.2 Å². The van der Waals surface area contributed by atoms with Crippen molar-refractivity contribution in [3.8, 4) is 11.6 Å². The molecule has 2 N–H and O–H groups in total. The Hall–Kier alpha value is -1.79. The van der Waals surface area contributed by atoms with Gasteiger partial charge in [0.25, 0.3) is 0 Å². The zero-order valence-corrected chi connectivity index (χ0v) is 12.7. The van der Waals surface area contributed by atoms with Crippen molar-refractivity contribution in [1.82, 2.24) is 4.98 Å². The van der Waals surface area contributed by atoms with E-state index in [1.807, 2.05) is 0 Å². The Morgan fingerprint density at radius 1 is 1.35 bits per heavy atom. The largest absolute Gasteiger partial charge is 0.464 e. The predicted octanol–water partition coefficient (Wildman–Crippen LogP) is 3.66. The summed E-state index contributed by atoms with van der Waals surface area (Å²) in [6.07, 6.45) is 0. The molecule has 0 amide bonds. The van der Waals surface area contributed by atoms with Crippen molar-refractivity contribution in [2.75, 3.05) is 12.8 Å². The van der Waals surface area contributed by atoms with E-state index in [-0.39, 0.29) is 11.6 Å². The molecule has 0 saturated carbocycles. The van der Waals surface area contributed by atoms with Gasteiger partial charge < -0.3 is 15.2 Å². The van der Waals surface area contributed by atoms with Crippen LogP contribution in [0.4, 0.5) is 5.69 Å². The summed E-state index contributed by atoms with van der Waals surface area (Å²) in [4.78, 5) is 15.5. The number of hydrogen-bond donors (Lipinski definition) is 1. The summed E-state index contributed by atoms with van der Waals surface area (Å²) in [6, 6.07) is 8.00. The summed E-state index contributed by atoms with van der Waals surface area (Å²) in [5, 5.41) is 0.563. The van der Waals surface area contributed by atoms with Crippen molar-refractivity contribution in [1.29, 1.82) is 0 Å². The summed E-state index contributed by atoms with van der Waals surface area (Å²) < 4.78 is 10.8. The number of nitrogen functional groups attached to an aromatic ring is 1. The summed E-state index contributed by atoms with van der Waals surface area (Å²) in [5.41, 5.74) is 6.20. The SMILES string of the molecule is COC(=O)c1ccc(N)c(Oc2ccc(Cl)cc2Br)n1. The van der Waals surface area contributed by atoms with E-state index in [2.05, 4.69) is 25.7 Å². The number of hydrogen-bond acceptors (Lipinski definition) is 5. The average Bonchev–Trinajstić information content (AvgIpc) is 2.43. The van der Waals surface area contributed by atoms with Crippen molar-refractivity contribution < 1.29 is 14.3 Å². The van der Waals surface area contributed by atoms with E-state index in [1.165, 1.54) is 19.2 Å². The van der Waals surface area contributed by atoms with Crippen LogP contribution >= 0.6 is 27.5 Å². The zero-order valence-electron chi connectivity index (χ0n) is 10.4.